The number of aromatic carboxylic acids is 1. The van der Waals surface area contributed by atoms with Crippen LogP contribution in [0.4, 0.5) is 0 Å². The van der Waals surface area contributed by atoms with Gasteiger partial charge in [0.25, 0.3) is 0 Å². The summed E-state index contributed by atoms with van der Waals surface area (Å²) in [6, 6.07) is 1.56. The van der Waals surface area contributed by atoms with Crippen LogP contribution < -0.4 is 0 Å². The Bertz CT molecular complexity index is 410. The van der Waals surface area contributed by atoms with Crippen molar-refractivity contribution in [1.82, 2.24) is 9.78 Å². The molecule has 0 saturated carbocycles. The van der Waals surface area contributed by atoms with E-state index in [-0.39, 0.29) is 12.0 Å². The highest BCUT2D eigenvalue weighted by atomic mass is 16.7. The molecule has 1 aromatic heterocycles. The van der Waals surface area contributed by atoms with Gasteiger partial charge in [0.2, 0.25) is 0 Å². The van der Waals surface area contributed by atoms with Crippen LogP contribution in [0.3, 0.4) is 0 Å². The first kappa shape index (κ1) is 13.0. The number of hydrogen-bond donors (Lipinski definition) is 1. The number of aryl methyl sites for hydroxylation is 1. The van der Waals surface area contributed by atoms with Crippen molar-refractivity contribution in [1.29, 1.82) is 0 Å². The minimum atomic E-state index is -1.01. The van der Waals surface area contributed by atoms with E-state index in [2.05, 4.69) is 5.10 Å². The molecule has 0 aromatic carbocycles. The molecular formula is C12H18N2O4. The molecule has 0 spiro atoms. The topological polar surface area (TPSA) is 73.6 Å². The van der Waals surface area contributed by atoms with Crippen LogP contribution in [-0.2, 0) is 16.0 Å². The highest BCUT2D eigenvalue weighted by Gasteiger charge is 2.14. The second-order valence-electron chi connectivity index (χ2n) is 4.37. The largest absolute Gasteiger partial charge is 0.476 e. The summed E-state index contributed by atoms with van der Waals surface area (Å²) in [7, 11) is 0. The van der Waals surface area contributed by atoms with Gasteiger partial charge in [-0.25, -0.2) is 4.79 Å². The minimum absolute atomic E-state index is 0.0708. The maximum absolute atomic E-state index is 10.8. The summed E-state index contributed by atoms with van der Waals surface area (Å²) in [6.07, 6.45) is 3.04. The highest BCUT2D eigenvalue weighted by Crippen LogP contribution is 2.13. The monoisotopic (exact) mass is 254 g/mol. The standard InChI is InChI=1S/C12H18N2O4/c1-9-8-10(12(15)16)13-14(9)5-7-18-11-4-2-3-6-17-11/h8,11H,2-7H2,1H3,(H,15,16). The summed E-state index contributed by atoms with van der Waals surface area (Å²) in [4.78, 5) is 10.8. The molecule has 6 heteroatoms. The van der Waals surface area contributed by atoms with Crippen molar-refractivity contribution in [2.75, 3.05) is 13.2 Å². The van der Waals surface area contributed by atoms with Gasteiger partial charge >= 0.3 is 5.97 Å². The summed E-state index contributed by atoms with van der Waals surface area (Å²) in [5, 5.41) is 12.8. The smallest absolute Gasteiger partial charge is 0.356 e. The molecule has 2 rings (SSSR count). The summed E-state index contributed by atoms with van der Waals surface area (Å²) < 4.78 is 12.7. The fraction of sp³-hybridized carbons (Fsp3) is 0.667. The number of carboxylic acid groups (broad SMARTS) is 1. The maximum Gasteiger partial charge on any atom is 0.356 e. The van der Waals surface area contributed by atoms with Crippen molar-refractivity contribution >= 4 is 5.97 Å². The third kappa shape index (κ3) is 3.30. The third-order valence-electron chi connectivity index (χ3n) is 2.95. The van der Waals surface area contributed by atoms with E-state index in [0.29, 0.717) is 13.2 Å². The van der Waals surface area contributed by atoms with Crippen LogP contribution in [0.2, 0.25) is 0 Å². The van der Waals surface area contributed by atoms with E-state index in [1.165, 1.54) is 0 Å². The van der Waals surface area contributed by atoms with Crippen LogP contribution in [-0.4, -0.2) is 40.4 Å². The van der Waals surface area contributed by atoms with Gasteiger partial charge < -0.3 is 14.6 Å². The quantitative estimate of drug-likeness (QED) is 0.860. The summed E-state index contributed by atoms with van der Waals surface area (Å²) in [5.74, 6) is -1.01. The Balaban J connectivity index is 1.80. The predicted octanol–water partition coefficient (Wildman–Crippen LogP) is 1.43. The third-order valence-corrected chi connectivity index (χ3v) is 2.95. The minimum Gasteiger partial charge on any atom is -0.476 e. The van der Waals surface area contributed by atoms with E-state index < -0.39 is 5.97 Å². The van der Waals surface area contributed by atoms with Crippen LogP contribution in [0.1, 0.15) is 35.4 Å². The summed E-state index contributed by atoms with van der Waals surface area (Å²) >= 11 is 0. The number of rotatable bonds is 5. The van der Waals surface area contributed by atoms with Crippen molar-refractivity contribution in [3.05, 3.63) is 17.5 Å². The van der Waals surface area contributed by atoms with E-state index in [1.807, 2.05) is 6.92 Å². The van der Waals surface area contributed by atoms with Crippen molar-refractivity contribution in [3.8, 4) is 0 Å². The molecule has 1 fully saturated rings. The Morgan fingerprint density at radius 1 is 1.67 bits per heavy atom. The van der Waals surface area contributed by atoms with Gasteiger partial charge in [-0.15, -0.1) is 0 Å². The summed E-state index contributed by atoms with van der Waals surface area (Å²) in [6.45, 7) is 3.61. The molecule has 1 atom stereocenters. The van der Waals surface area contributed by atoms with Gasteiger partial charge in [0, 0.05) is 12.3 Å². The van der Waals surface area contributed by atoms with E-state index in [1.54, 1.807) is 10.7 Å². The van der Waals surface area contributed by atoms with Crippen molar-refractivity contribution in [3.63, 3.8) is 0 Å². The van der Waals surface area contributed by atoms with Crippen LogP contribution in [0.5, 0.6) is 0 Å². The second kappa shape index (κ2) is 5.97. The number of carbonyl (C=O) groups is 1. The lowest BCUT2D eigenvalue weighted by Gasteiger charge is -2.22. The molecule has 1 N–H and O–H groups in total. The van der Waals surface area contributed by atoms with Crippen LogP contribution in [0, 0.1) is 6.92 Å². The Morgan fingerprint density at radius 2 is 2.50 bits per heavy atom. The van der Waals surface area contributed by atoms with E-state index in [9.17, 15) is 4.79 Å². The lowest BCUT2D eigenvalue weighted by Crippen LogP contribution is -2.24. The molecule has 1 aromatic rings. The van der Waals surface area contributed by atoms with Gasteiger partial charge in [-0.3, -0.25) is 4.68 Å². The first-order chi connectivity index (χ1) is 8.66. The fourth-order valence-electron chi connectivity index (χ4n) is 1.95. The molecule has 6 nitrogen and oxygen atoms in total. The first-order valence-corrected chi connectivity index (χ1v) is 6.18. The normalized spacial score (nSPS) is 19.9. The molecule has 0 radical (unpaired) electrons. The number of nitrogens with zero attached hydrogens (tertiary/aromatic N) is 2. The Morgan fingerprint density at radius 3 is 3.11 bits per heavy atom. The Labute approximate surface area is 106 Å². The summed E-state index contributed by atoms with van der Waals surface area (Å²) in [5.41, 5.74) is 0.891. The van der Waals surface area contributed by atoms with Gasteiger partial charge in [0.05, 0.1) is 13.2 Å². The number of aromatic nitrogens is 2. The van der Waals surface area contributed by atoms with E-state index >= 15 is 0 Å². The van der Waals surface area contributed by atoms with Crippen molar-refractivity contribution in [2.24, 2.45) is 0 Å². The second-order valence-corrected chi connectivity index (χ2v) is 4.37. The molecule has 2 heterocycles. The van der Waals surface area contributed by atoms with Gasteiger partial charge in [-0.2, -0.15) is 5.10 Å². The molecule has 0 amide bonds. The zero-order valence-electron chi connectivity index (χ0n) is 10.5. The molecule has 100 valence electrons. The fourth-order valence-corrected chi connectivity index (χ4v) is 1.95. The first-order valence-electron chi connectivity index (χ1n) is 6.18. The maximum atomic E-state index is 10.8. The van der Waals surface area contributed by atoms with Crippen molar-refractivity contribution in [2.45, 2.75) is 39.0 Å². The molecule has 0 aliphatic carbocycles. The number of carboxylic acids is 1. The Kier molecular flexibility index (Phi) is 4.33. The molecule has 1 saturated heterocycles. The predicted molar refractivity (Wildman–Crippen MR) is 63.5 cm³/mol. The average molecular weight is 254 g/mol. The Hall–Kier alpha value is -1.40. The molecule has 1 aliphatic heterocycles. The molecule has 1 unspecified atom stereocenters. The number of ether oxygens (including phenoxy) is 2. The van der Waals surface area contributed by atoms with Crippen LogP contribution in [0.15, 0.2) is 6.07 Å². The zero-order chi connectivity index (χ0) is 13.0. The highest BCUT2D eigenvalue weighted by molar-refractivity contribution is 5.85. The van der Waals surface area contributed by atoms with E-state index in [0.717, 1.165) is 31.6 Å². The average Bonchev–Trinajstić information content (AvgIpc) is 2.73. The van der Waals surface area contributed by atoms with Gasteiger partial charge in [0.1, 0.15) is 0 Å². The molecule has 18 heavy (non-hydrogen) atoms. The SMILES string of the molecule is Cc1cc(C(=O)O)nn1CCOC1CCCCO1. The van der Waals surface area contributed by atoms with Gasteiger partial charge in [-0.1, -0.05) is 0 Å². The molecule has 0 bridgehead atoms. The number of hydrogen-bond acceptors (Lipinski definition) is 4. The van der Waals surface area contributed by atoms with Crippen molar-refractivity contribution < 1.29 is 19.4 Å². The van der Waals surface area contributed by atoms with E-state index in [4.69, 9.17) is 14.6 Å². The van der Waals surface area contributed by atoms with Crippen LogP contribution in [0.25, 0.3) is 0 Å². The van der Waals surface area contributed by atoms with Gasteiger partial charge in [0.15, 0.2) is 12.0 Å². The lowest BCUT2D eigenvalue weighted by atomic mass is 10.2. The molecule has 1 aliphatic rings. The lowest BCUT2D eigenvalue weighted by molar-refractivity contribution is -0.163. The molecular weight excluding hydrogens is 236 g/mol. The zero-order valence-corrected chi connectivity index (χ0v) is 10.5. The van der Waals surface area contributed by atoms with Gasteiger partial charge in [-0.05, 0) is 32.3 Å². The van der Waals surface area contributed by atoms with Crippen LogP contribution >= 0.6 is 0 Å².